The van der Waals surface area contributed by atoms with Crippen molar-refractivity contribution in [2.75, 3.05) is 7.05 Å². The molecule has 0 saturated carbocycles. The van der Waals surface area contributed by atoms with E-state index in [1.165, 1.54) is 18.3 Å². The molecular formula is C17H15ClN4O2. The monoisotopic (exact) mass is 342 g/mol. The summed E-state index contributed by atoms with van der Waals surface area (Å²) in [6.07, 6.45) is 4.97. The largest absolute Gasteiger partial charge is 0.337 e. The number of hydrogen-bond acceptors (Lipinski definition) is 3. The highest BCUT2D eigenvalue weighted by atomic mass is 35.5. The van der Waals surface area contributed by atoms with Gasteiger partial charge >= 0.3 is 0 Å². The number of halogens is 1. The van der Waals surface area contributed by atoms with Crippen LogP contribution >= 0.6 is 11.6 Å². The second-order valence-electron chi connectivity index (χ2n) is 5.38. The summed E-state index contributed by atoms with van der Waals surface area (Å²) in [6, 6.07) is 10.2. The van der Waals surface area contributed by atoms with E-state index < -0.39 is 0 Å². The van der Waals surface area contributed by atoms with Crippen LogP contribution in [0.25, 0.3) is 5.69 Å². The van der Waals surface area contributed by atoms with Crippen LogP contribution in [0.5, 0.6) is 0 Å². The van der Waals surface area contributed by atoms with Gasteiger partial charge in [0, 0.05) is 42.6 Å². The van der Waals surface area contributed by atoms with Gasteiger partial charge < -0.3 is 9.88 Å². The van der Waals surface area contributed by atoms with E-state index in [1.54, 1.807) is 28.9 Å². The van der Waals surface area contributed by atoms with Crippen LogP contribution < -0.4 is 5.56 Å². The normalized spacial score (nSPS) is 10.6. The minimum Gasteiger partial charge on any atom is -0.337 e. The molecule has 0 aliphatic carbocycles. The first-order valence-corrected chi connectivity index (χ1v) is 7.64. The summed E-state index contributed by atoms with van der Waals surface area (Å²) in [5, 5.41) is 4.93. The zero-order valence-electron chi connectivity index (χ0n) is 12.9. The van der Waals surface area contributed by atoms with E-state index in [0.717, 1.165) is 11.3 Å². The van der Waals surface area contributed by atoms with Gasteiger partial charge in [-0.25, -0.2) is 4.68 Å². The molecule has 0 saturated heterocycles. The van der Waals surface area contributed by atoms with Crippen LogP contribution in [0.4, 0.5) is 0 Å². The Labute approximate surface area is 143 Å². The van der Waals surface area contributed by atoms with Crippen molar-refractivity contribution in [2.45, 2.75) is 6.54 Å². The predicted octanol–water partition coefficient (Wildman–Crippen LogP) is 2.49. The van der Waals surface area contributed by atoms with E-state index in [-0.39, 0.29) is 11.5 Å². The lowest BCUT2D eigenvalue weighted by Gasteiger charge is -2.15. The number of rotatable bonds is 4. The highest BCUT2D eigenvalue weighted by molar-refractivity contribution is 6.30. The number of carbonyl (C=O) groups is 1. The highest BCUT2D eigenvalue weighted by Crippen LogP contribution is 2.15. The molecule has 3 rings (SSSR count). The highest BCUT2D eigenvalue weighted by Gasteiger charge is 2.13. The van der Waals surface area contributed by atoms with Crippen molar-refractivity contribution in [2.24, 2.45) is 0 Å². The van der Waals surface area contributed by atoms with Crippen LogP contribution in [0.3, 0.4) is 0 Å². The fraction of sp³-hybridized carbons (Fsp3) is 0.118. The first-order valence-electron chi connectivity index (χ1n) is 7.26. The maximum absolute atomic E-state index is 12.3. The molecule has 2 aromatic heterocycles. The molecule has 1 N–H and O–H groups in total. The van der Waals surface area contributed by atoms with Crippen LogP contribution in [0.15, 0.2) is 59.8 Å². The fourth-order valence-electron chi connectivity index (χ4n) is 2.31. The summed E-state index contributed by atoms with van der Waals surface area (Å²) in [5.41, 5.74) is 1.93. The van der Waals surface area contributed by atoms with Crippen molar-refractivity contribution in [1.29, 1.82) is 0 Å². The lowest BCUT2D eigenvalue weighted by atomic mass is 10.2. The molecule has 122 valence electrons. The summed E-state index contributed by atoms with van der Waals surface area (Å²) in [7, 11) is 1.70. The van der Waals surface area contributed by atoms with Gasteiger partial charge in [-0.3, -0.25) is 9.59 Å². The van der Waals surface area contributed by atoms with Crippen molar-refractivity contribution in [3.63, 3.8) is 0 Å². The minimum atomic E-state index is -0.239. The Balaban J connectivity index is 1.73. The van der Waals surface area contributed by atoms with Gasteiger partial charge in [-0.15, -0.1) is 0 Å². The van der Waals surface area contributed by atoms with Gasteiger partial charge in [0.2, 0.25) is 5.56 Å². The van der Waals surface area contributed by atoms with Gasteiger partial charge in [0.05, 0.1) is 17.4 Å². The Morgan fingerprint density at radius 3 is 2.88 bits per heavy atom. The number of nitrogens with one attached hydrogen (secondary N) is 1. The zero-order chi connectivity index (χ0) is 17.1. The van der Waals surface area contributed by atoms with E-state index >= 15 is 0 Å². The van der Waals surface area contributed by atoms with Gasteiger partial charge in [0.25, 0.3) is 5.91 Å². The summed E-state index contributed by atoms with van der Waals surface area (Å²) < 4.78 is 1.71. The summed E-state index contributed by atoms with van der Waals surface area (Å²) >= 11 is 5.99. The van der Waals surface area contributed by atoms with Crippen LogP contribution in [0, 0.1) is 0 Å². The van der Waals surface area contributed by atoms with E-state index in [1.807, 2.05) is 24.4 Å². The summed E-state index contributed by atoms with van der Waals surface area (Å²) in [5.74, 6) is -0.179. The first kappa shape index (κ1) is 16.0. The van der Waals surface area contributed by atoms with Crippen LogP contribution in [-0.2, 0) is 6.54 Å². The third-order valence-electron chi connectivity index (χ3n) is 3.51. The molecule has 3 aromatic rings. The Bertz CT molecular complexity index is 912. The SMILES string of the molecule is CN(Cc1cnn(-c2cccc(Cl)c2)c1)C(=O)c1ccc(=O)[nH]c1. The molecule has 0 atom stereocenters. The smallest absolute Gasteiger partial charge is 0.255 e. The number of aromatic amines is 1. The summed E-state index contributed by atoms with van der Waals surface area (Å²) in [6.45, 7) is 0.401. The standard InChI is InChI=1S/C17H15ClN4O2/c1-21(17(24)13-5-6-16(23)19-9-13)10-12-8-20-22(11-12)15-4-2-3-14(18)7-15/h2-9,11H,10H2,1H3,(H,19,23). The van der Waals surface area contributed by atoms with Crippen LogP contribution in [0.2, 0.25) is 5.02 Å². The predicted molar refractivity (Wildman–Crippen MR) is 91.4 cm³/mol. The van der Waals surface area contributed by atoms with Crippen molar-refractivity contribution < 1.29 is 4.79 Å². The average Bonchev–Trinajstić information content (AvgIpc) is 3.03. The lowest BCUT2D eigenvalue weighted by molar-refractivity contribution is 0.0784. The molecule has 0 aliphatic heterocycles. The zero-order valence-corrected chi connectivity index (χ0v) is 13.7. The molecule has 24 heavy (non-hydrogen) atoms. The second-order valence-corrected chi connectivity index (χ2v) is 5.81. The Morgan fingerprint density at radius 2 is 2.17 bits per heavy atom. The van der Waals surface area contributed by atoms with Crippen LogP contribution in [0.1, 0.15) is 15.9 Å². The molecule has 7 heteroatoms. The van der Waals surface area contributed by atoms with E-state index in [0.29, 0.717) is 17.1 Å². The third-order valence-corrected chi connectivity index (χ3v) is 3.74. The van der Waals surface area contributed by atoms with Crippen molar-refractivity contribution >= 4 is 17.5 Å². The number of nitrogens with zero attached hydrogens (tertiary/aromatic N) is 3. The minimum absolute atomic E-state index is 0.179. The van der Waals surface area contributed by atoms with Gasteiger partial charge in [0.1, 0.15) is 0 Å². The van der Waals surface area contributed by atoms with Crippen molar-refractivity contribution in [3.8, 4) is 5.69 Å². The van der Waals surface area contributed by atoms with Gasteiger partial charge in [0.15, 0.2) is 0 Å². The molecule has 1 amide bonds. The fourth-order valence-corrected chi connectivity index (χ4v) is 2.50. The number of carbonyl (C=O) groups excluding carboxylic acids is 1. The molecule has 0 aliphatic rings. The molecule has 6 nitrogen and oxygen atoms in total. The topological polar surface area (TPSA) is 71.0 Å². The number of H-pyrrole nitrogens is 1. The number of benzene rings is 1. The molecule has 0 fully saturated rings. The second kappa shape index (κ2) is 6.72. The maximum atomic E-state index is 12.3. The molecule has 0 spiro atoms. The van der Waals surface area contributed by atoms with E-state index in [4.69, 9.17) is 11.6 Å². The molecule has 0 radical (unpaired) electrons. The number of hydrogen-bond donors (Lipinski definition) is 1. The van der Waals surface area contributed by atoms with E-state index in [9.17, 15) is 9.59 Å². The quantitative estimate of drug-likeness (QED) is 0.791. The Hall–Kier alpha value is -2.86. The number of aromatic nitrogens is 3. The van der Waals surface area contributed by atoms with Crippen molar-refractivity contribution in [1.82, 2.24) is 19.7 Å². The first-order chi connectivity index (χ1) is 11.5. The van der Waals surface area contributed by atoms with Crippen LogP contribution in [-0.4, -0.2) is 32.6 Å². The van der Waals surface area contributed by atoms with E-state index in [2.05, 4.69) is 10.1 Å². The number of pyridine rings is 1. The Morgan fingerprint density at radius 1 is 1.33 bits per heavy atom. The molecule has 2 heterocycles. The lowest BCUT2D eigenvalue weighted by Crippen LogP contribution is -2.26. The summed E-state index contributed by atoms with van der Waals surface area (Å²) in [4.78, 5) is 27.5. The average molecular weight is 343 g/mol. The Kier molecular flexibility index (Phi) is 4.48. The molecule has 0 bridgehead atoms. The third kappa shape index (κ3) is 3.55. The van der Waals surface area contributed by atoms with Gasteiger partial charge in [-0.2, -0.15) is 5.10 Å². The van der Waals surface area contributed by atoms with Crippen molar-refractivity contribution in [3.05, 3.63) is 81.5 Å². The molecule has 1 aromatic carbocycles. The molecule has 0 unspecified atom stereocenters. The molecular weight excluding hydrogens is 328 g/mol. The van der Waals surface area contributed by atoms with Gasteiger partial charge in [-0.1, -0.05) is 17.7 Å². The maximum Gasteiger partial charge on any atom is 0.255 e. The number of amides is 1. The van der Waals surface area contributed by atoms with Gasteiger partial charge in [-0.05, 0) is 24.3 Å².